The normalized spacial score (nSPS) is 14.3. The van der Waals surface area contributed by atoms with Gasteiger partial charge < -0.3 is 16.0 Å². The molecule has 1 fully saturated rings. The van der Waals surface area contributed by atoms with E-state index in [2.05, 4.69) is 5.32 Å². The number of likely N-dealkylation sites (tertiary alicyclic amines) is 1. The number of hydrogen-bond acceptors (Lipinski definition) is 4. The summed E-state index contributed by atoms with van der Waals surface area (Å²) < 4.78 is 0. The molecule has 2 rings (SSSR count). The molecule has 0 radical (unpaired) electrons. The highest BCUT2D eigenvalue weighted by atomic mass is 32.2. The van der Waals surface area contributed by atoms with E-state index in [4.69, 9.17) is 5.73 Å². The lowest BCUT2D eigenvalue weighted by molar-refractivity contribution is -0.129. The summed E-state index contributed by atoms with van der Waals surface area (Å²) in [4.78, 5) is 36.6. The number of anilines is 1. The van der Waals surface area contributed by atoms with Gasteiger partial charge in [-0.25, -0.2) is 0 Å². The first-order chi connectivity index (χ1) is 11.1. The molecule has 0 bridgehead atoms. The molecule has 1 aliphatic rings. The summed E-state index contributed by atoms with van der Waals surface area (Å²) in [6.45, 7) is 1.66. The fourth-order valence-corrected chi connectivity index (χ4v) is 3.10. The largest absolute Gasteiger partial charge is 0.366 e. The number of primary amides is 1. The predicted octanol–water partition coefficient (Wildman–Crippen LogP) is 1.47. The first-order valence-corrected chi connectivity index (χ1v) is 8.77. The van der Waals surface area contributed by atoms with Crippen LogP contribution in [0.25, 0.3) is 0 Å². The number of rotatable bonds is 6. The second-order valence-electron chi connectivity index (χ2n) is 5.42. The summed E-state index contributed by atoms with van der Waals surface area (Å²) in [5.74, 6) is -0.0261. The van der Waals surface area contributed by atoms with E-state index in [0.29, 0.717) is 17.0 Å². The molecule has 3 amide bonds. The van der Waals surface area contributed by atoms with Gasteiger partial charge in [-0.2, -0.15) is 0 Å². The van der Waals surface area contributed by atoms with Crippen molar-refractivity contribution in [2.45, 2.75) is 19.3 Å². The number of nitrogens with zero attached hydrogens (tertiary/aromatic N) is 1. The molecule has 1 saturated heterocycles. The molecule has 0 saturated carbocycles. The van der Waals surface area contributed by atoms with Gasteiger partial charge in [0.25, 0.3) is 0 Å². The van der Waals surface area contributed by atoms with Crippen molar-refractivity contribution in [2.24, 2.45) is 5.73 Å². The van der Waals surface area contributed by atoms with E-state index >= 15 is 0 Å². The molecule has 0 unspecified atom stereocenters. The van der Waals surface area contributed by atoms with Crippen LogP contribution in [0.5, 0.6) is 0 Å². The van der Waals surface area contributed by atoms with Crippen LogP contribution < -0.4 is 11.1 Å². The molecule has 0 aliphatic carbocycles. The monoisotopic (exact) mass is 335 g/mol. The Hall–Kier alpha value is -2.02. The van der Waals surface area contributed by atoms with Crippen LogP contribution in [0.4, 0.5) is 5.69 Å². The first kappa shape index (κ1) is 17.3. The van der Waals surface area contributed by atoms with E-state index in [1.807, 2.05) is 4.90 Å². The molecule has 1 aliphatic heterocycles. The van der Waals surface area contributed by atoms with Crippen molar-refractivity contribution in [2.75, 3.05) is 29.9 Å². The summed E-state index contributed by atoms with van der Waals surface area (Å²) in [7, 11) is 0. The van der Waals surface area contributed by atoms with E-state index < -0.39 is 5.91 Å². The van der Waals surface area contributed by atoms with Gasteiger partial charge in [-0.05, 0) is 43.5 Å². The van der Waals surface area contributed by atoms with Crippen molar-refractivity contribution in [3.63, 3.8) is 0 Å². The summed E-state index contributed by atoms with van der Waals surface area (Å²) in [6, 6.07) is 6.37. The minimum Gasteiger partial charge on any atom is -0.366 e. The van der Waals surface area contributed by atoms with Crippen molar-refractivity contribution in [1.29, 1.82) is 0 Å². The van der Waals surface area contributed by atoms with Gasteiger partial charge in [-0.15, -0.1) is 11.8 Å². The summed E-state index contributed by atoms with van der Waals surface area (Å²) in [6.07, 6.45) is 3.32. The molecule has 0 aromatic heterocycles. The molecule has 1 heterocycles. The molecule has 7 heteroatoms. The van der Waals surface area contributed by atoms with Gasteiger partial charge >= 0.3 is 0 Å². The fraction of sp³-hybridized carbons (Fsp3) is 0.438. The summed E-state index contributed by atoms with van der Waals surface area (Å²) in [5.41, 5.74) is 6.15. The average Bonchev–Trinajstić information content (AvgIpc) is 2.56. The number of carbonyl (C=O) groups excluding carboxylic acids is 3. The van der Waals surface area contributed by atoms with Crippen LogP contribution in [-0.4, -0.2) is 47.2 Å². The zero-order chi connectivity index (χ0) is 16.7. The van der Waals surface area contributed by atoms with E-state index in [1.165, 1.54) is 18.2 Å². The van der Waals surface area contributed by atoms with Gasteiger partial charge in [0.05, 0.1) is 11.5 Å². The molecule has 0 spiro atoms. The van der Waals surface area contributed by atoms with E-state index in [9.17, 15) is 14.4 Å². The van der Waals surface area contributed by atoms with Crippen LogP contribution in [0.1, 0.15) is 29.6 Å². The Balaban J connectivity index is 1.70. The van der Waals surface area contributed by atoms with Gasteiger partial charge in [0, 0.05) is 24.3 Å². The Kier molecular flexibility index (Phi) is 6.46. The topological polar surface area (TPSA) is 92.5 Å². The number of piperidine rings is 1. The maximum Gasteiger partial charge on any atom is 0.248 e. The maximum absolute atomic E-state index is 12.0. The molecular formula is C16H21N3O3S. The van der Waals surface area contributed by atoms with E-state index in [-0.39, 0.29) is 17.6 Å². The highest BCUT2D eigenvalue weighted by Crippen LogP contribution is 2.13. The fourth-order valence-electron chi connectivity index (χ4n) is 2.38. The minimum atomic E-state index is -0.505. The van der Waals surface area contributed by atoms with Crippen molar-refractivity contribution in [3.05, 3.63) is 29.8 Å². The first-order valence-electron chi connectivity index (χ1n) is 7.61. The lowest BCUT2D eigenvalue weighted by atomic mass is 10.1. The average molecular weight is 335 g/mol. The standard InChI is InChI=1S/C16H21N3O3S/c17-16(22)12-4-6-13(7-5-12)18-14(20)10-23-11-15(21)19-8-2-1-3-9-19/h4-7H,1-3,8-11H2,(H2,17,22)(H,18,20). The third-order valence-corrected chi connectivity index (χ3v) is 4.54. The third-order valence-electron chi connectivity index (χ3n) is 3.62. The number of hydrogen-bond donors (Lipinski definition) is 2. The zero-order valence-corrected chi connectivity index (χ0v) is 13.7. The Bertz CT molecular complexity index is 568. The number of nitrogens with one attached hydrogen (secondary N) is 1. The zero-order valence-electron chi connectivity index (χ0n) is 12.9. The summed E-state index contributed by atoms with van der Waals surface area (Å²) in [5, 5.41) is 2.72. The quantitative estimate of drug-likeness (QED) is 0.823. The molecule has 0 atom stereocenters. The molecular weight excluding hydrogens is 314 g/mol. The number of benzene rings is 1. The van der Waals surface area contributed by atoms with Crippen molar-refractivity contribution >= 4 is 35.2 Å². The van der Waals surface area contributed by atoms with Gasteiger partial charge in [-0.3, -0.25) is 14.4 Å². The Morgan fingerprint density at radius 2 is 1.70 bits per heavy atom. The van der Waals surface area contributed by atoms with E-state index in [0.717, 1.165) is 25.9 Å². The van der Waals surface area contributed by atoms with Crippen LogP contribution in [0.3, 0.4) is 0 Å². The molecule has 1 aromatic carbocycles. The van der Waals surface area contributed by atoms with Crippen LogP contribution in [-0.2, 0) is 9.59 Å². The molecule has 1 aromatic rings. The van der Waals surface area contributed by atoms with Crippen LogP contribution in [0, 0.1) is 0 Å². The molecule has 3 N–H and O–H groups in total. The lowest BCUT2D eigenvalue weighted by Gasteiger charge is -2.26. The van der Waals surface area contributed by atoms with E-state index in [1.54, 1.807) is 24.3 Å². The number of nitrogens with two attached hydrogens (primary N) is 1. The van der Waals surface area contributed by atoms with Crippen molar-refractivity contribution in [1.82, 2.24) is 4.90 Å². The van der Waals surface area contributed by atoms with Gasteiger partial charge in [0.1, 0.15) is 0 Å². The van der Waals surface area contributed by atoms with Gasteiger partial charge in [-0.1, -0.05) is 0 Å². The lowest BCUT2D eigenvalue weighted by Crippen LogP contribution is -2.37. The van der Waals surface area contributed by atoms with Crippen molar-refractivity contribution in [3.8, 4) is 0 Å². The predicted molar refractivity (Wildman–Crippen MR) is 91.3 cm³/mol. The second kappa shape index (κ2) is 8.57. The third kappa shape index (κ3) is 5.59. The van der Waals surface area contributed by atoms with Crippen molar-refractivity contribution < 1.29 is 14.4 Å². The SMILES string of the molecule is NC(=O)c1ccc(NC(=O)CSCC(=O)N2CCCCC2)cc1. The molecule has 23 heavy (non-hydrogen) atoms. The Morgan fingerprint density at radius 1 is 1.04 bits per heavy atom. The van der Waals surface area contributed by atoms with Gasteiger partial charge in [0.15, 0.2) is 0 Å². The highest BCUT2D eigenvalue weighted by molar-refractivity contribution is 8.00. The minimum absolute atomic E-state index is 0.105. The summed E-state index contributed by atoms with van der Waals surface area (Å²) >= 11 is 1.31. The number of carbonyl (C=O) groups is 3. The molecule has 124 valence electrons. The Morgan fingerprint density at radius 3 is 2.30 bits per heavy atom. The highest BCUT2D eigenvalue weighted by Gasteiger charge is 2.16. The van der Waals surface area contributed by atoms with Crippen LogP contribution in [0.2, 0.25) is 0 Å². The van der Waals surface area contributed by atoms with Crippen LogP contribution in [0.15, 0.2) is 24.3 Å². The van der Waals surface area contributed by atoms with Gasteiger partial charge in [0.2, 0.25) is 17.7 Å². The second-order valence-corrected chi connectivity index (χ2v) is 6.41. The smallest absolute Gasteiger partial charge is 0.248 e. The molecule has 6 nitrogen and oxygen atoms in total. The maximum atomic E-state index is 12.0. The Labute approximate surface area is 139 Å². The number of amides is 3. The number of thioether (sulfide) groups is 1. The van der Waals surface area contributed by atoms with Crippen LogP contribution >= 0.6 is 11.8 Å².